The van der Waals surface area contributed by atoms with Crippen molar-refractivity contribution in [1.82, 2.24) is 9.97 Å². The third-order valence-electron chi connectivity index (χ3n) is 2.74. The molecule has 1 fully saturated rings. The summed E-state index contributed by atoms with van der Waals surface area (Å²) in [7, 11) is 0. The zero-order valence-electron chi connectivity index (χ0n) is 10.2. The normalized spacial score (nSPS) is 18.3. The van der Waals surface area contributed by atoms with E-state index in [2.05, 4.69) is 26.7 Å². The Kier molecular flexibility index (Phi) is 4.73. The molecule has 1 aromatic heterocycles. The monoisotopic (exact) mass is 247 g/mol. The fourth-order valence-electron chi connectivity index (χ4n) is 1.82. The number of nitrogens with zero attached hydrogens (tertiary/aromatic N) is 3. The lowest BCUT2D eigenvalue weighted by atomic mass is 10.2. The van der Waals surface area contributed by atoms with E-state index < -0.39 is 0 Å². The van der Waals surface area contributed by atoms with E-state index in [4.69, 9.17) is 10.00 Å². The molecule has 2 rings (SSSR count). The minimum absolute atomic E-state index is 0.287. The molecule has 0 saturated carbocycles. The number of ether oxygens (including phenoxy) is 1. The summed E-state index contributed by atoms with van der Waals surface area (Å²) in [6, 6.07) is 3.92. The summed E-state index contributed by atoms with van der Waals surface area (Å²) in [4.78, 5) is 8.23. The number of aromatic nitrogens is 2. The SMILES string of the molecule is N#CCCNc1cc(NCC2CCCO2)ncn1. The van der Waals surface area contributed by atoms with Crippen LogP contribution in [-0.4, -0.2) is 35.8 Å². The number of anilines is 2. The first-order chi connectivity index (χ1) is 8.88. The molecule has 1 unspecified atom stereocenters. The zero-order valence-corrected chi connectivity index (χ0v) is 10.2. The molecule has 1 aromatic rings. The molecule has 18 heavy (non-hydrogen) atoms. The highest BCUT2D eigenvalue weighted by Crippen LogP contribution is 2.14. The van der Waals surface area contributed by atoms with E-state index in [1.807, 2.05) is 6.07 Å². The van der Waals surface area contributed by atoms with Crippen LogP contribution in [0.4, 0.5) is 11.6 Å². The van der Waals surface area contributed by atoms with Crippen LogP contribution >= 0.6 is 0 Å². The van der Waals surface area contributed by atoms with Gasteiger partial charge in [-0.05, 0) is 12.8 Å². The molecular weight excluding hydrogens is 230 g/mol. The Morgan fingerprint density at radius 1 is 1.39 bits per heavy atom. The molecule has 2 heterocycles. The topological polar surface area (TPSA) is 82.9 Å². The van der Waals surface area contributed by atoms with Crippen molar-refractivity contribution in [3.8, 4) is 6.07 Å². The van der Waals surface area contributed by atoms with Crippen LogP contribution in [0, 0.1) is 11.3 Å². The fourth-order valence-corrected chi connectivity index (χ4v) is 1.82. The molecule has 0 radical (unpaired) electrons. The number of hydrogen-bond acceptors (Lipinski definition) is 6. The highest BCUT2D eigenvalue weighted by molar-refractivity contribution is 5.46. The maximum atomic E-state index is 8.46. The second-order valence-electron chi connectivity index (χ2n) is 4.14. The van der Waals surface area contributed by atoms with Gasteiger partial charge >= 0.3 is 0 Å². The molecule has 1 aliphatic rings. The van der Waals surface area contributed by atoms with Crippen molar-refractivity contribution >= 4 is 11.6 Å². The van der Waals surface area contributed by atoms with Gasteiger partial charge in [0.25, 0.3) is 0 Å². The van der Waals surface area contributed by atoms with Crippen LogP contribution in [0.5, 0.6) is 0 Å². The lowest BCUT2D eigenvalue weighted by Gasteiger charge is -2.11. The van der Waals surface area contributed by atoms with Crippen molar-refractivity contribution < 1.29 is 4.74 Å². The molecule has 2 N–H and O–H groups in total. The predicted molar refractivity (Wildman–Crippen MR) is 68.2 cm³/mol. The van der Waals surface area contributed by atoms with Gasteiger partial charge in [-0.3, -0.25) is 0 Å². The van der Waals surface area contributed by atoms with Gasteiger partial charge in [0.1, 0.15) is 18.0 Å². The molecule has 6 nitrogen and oxygen atoms in total. The highest BCUT2D eigenvalue weighted by Gasteiger charge is 2.14. The molecule has 96 valence electrons. The van der Waals surface area contributed by atoms with Crippen molar-refractivity contribution in [2.75, 3.05) is 30.3 Å². The Morgan fingerprint density at radius 2 is 2.22 bits per heavy atom. The number of rotatable bonds is 6. The predicted octanol–water partition coefficient (Wildman–Crippen LogP) is 1.39. The summed E-state index contributed by atoms with van der Waals surface area (Å²) >= 11 is 0. The highest BCUT2D eigenvalue weighted by atomic mass is 16.5. The van der Waals surface area contributed by atoms with Crippen LogP contribution in [0.15, 0.2) is 12.4 Å². The molecular formula is C12H17N5O. The van der Waals surface area contributed by atoms with Gasteiger partial charge in [-0.15, -0.1) is 0 Å². The Bertz CT molecular complexity index is 411. The van der Waals surface area contributed by atoms with Gasteiger partial charge in [0.05, 0.1) is 18.6 Å². The van der Waals surface area contributed by atoms with E-state index in [1.165, 1.54) is 6.33 Å². The Hall–Kier alpha value is -1.87. The molecule has 1 aliphatic heterocycles. The third kappa shape index (κ3) is 3.86. The minimum Gasteiger partial charge on any atom is -0.376 e. The van der Waals surface area contributed by atoms with Gasteiger partial charge in [0.2, 0.25) is 0 Å². The maximum Gasteiger partial charge on any atom is 0.131 e. The molecule has 1 saturated heterocycles. The third-order valence-corrected chi connectivity index (χ3v) is 2.74. The van der Waals surface area contributed by atoms with Gasteiger partial charge in [-0.1, -0.05) is 0 Å². The lowest BCUT2D eigenvalue weighted by molar-refractivity contribution is 0.120. The smallest absolute Gasteiger partial charge is 0.131 e. The number of hydrogen-bond donors (Lipinski definition) is 2. The molecule has 0 bridgehead atoms. The summed E-state index contributed by atoms with van der Waals surface area (Å²) in [6.45, 7) is 2.23. The van der Waals surface area contributed by atoms with Gasteiger partial charge < -0.3 is 15.4 Å². The second kappa shape index (κ2) is 6.77. The van der Waals surface area contributed by atoms with Crippen LogP contribution in [0.25, 0.3) is 0 Å². The van der Waals surface area contributed by atoms with Gasteiger partial charge in [0, 0.05) is 25.8 Å². The van der Waals surface area contributed by atoms with E-state index in [0.717, 1.165) is 37.6 Å². The van der Waals surface area contributed by atoms with E-state index in [9.17, 15) is 0 Å². The first-order valence-corrected chi connectivity index (χ1v) is 6.17. The van der Waals surface area contributed by atoms with Crippen LogP contribution in [0.3, 0.4) is 0 Å². The molecule has 1 atom stereocenters. The van der Waals surface area contributed by atoms with E-state index in [-0.39, 0.29) is 6.10 Å². The first kappa shape index (κ1) is 12.6. The quantitative estimate of drug-likeness (QED) is 0.739. The zero-order chi connectivity index (χ0) is 12.6. The van der Waals surface area contributed by atoms with Crippen LogP contribution in [-0.2, 0) is 4.74 Å². The number of nitriles is 1. The van der Waals surface area contributed by atoms with E-state index in [0.29, 0.717) is 13.0 Å². The molecule has 0 aliphatic carbocycles. The summed E-state index contributed by atoms with van der Waals surface area (Å²) in [5.41, 5.74) is 0. The molecule has 0 aromatic carbocycles. The molecule has 0 amide bonds. The Balaban J connectivity index is 1.80. The summed E-state index contributed by atoms with van der Waals surface area (Å²) in [5, 5.41) is 14.8. The average molecular weight is 247 g/mol. The number of nitrogens with one attached hydrogen (secondary N) is 2. The summed E-state index contributed by atoms with van der Waals surface area (Å²) in [6.07, 6.45) is 4.49. The van der Waals surface area contributed by atoms with Crippen LogP contribution in [0.1, 0.15) is 19.3 Å². The minimum atomic E-state index is 0.287. The fraction of sp³-hybridized carbons (Fsp3) is 0.583. The van der Waals surface area contributed by atoms with Crippen LogP contribution in [0.2, 0.25) is 0 Å². The summed E-state index contributed by atoms with van der Waals surface area (Å²) in [5.74, 6) is 1.51. The maximum absolute atomic E-state index is 8.46. The Morgan fingerprint density at radius 3 is 2.94 bits per heavy atom. The Labute approximate surface area is 106 Å². The van der Waals surface area contributed by atoms with Crippen molar-refractivity contribution in [1.29, 1.82) is 5.26 Å². The lowest BCUT2D eigenvalue weighted by Crippen LogP contribution is -2.19. The van der Waals surface area contributed by atoms with Crippen molar-refractivity contribution in [2.45, 2.75) is 25.4 Å². The van der Waals surface area contributed by atoms with Crippen molar-refractivity contribution in [3.05, 3.63) is 12.4 Å². The molecule has 0 spiro atoms. The average Bonchev–Trinajstić information content (AvgIpc) is 2.90. The van der Waals surface area contributed by atoms with Crippen LogP contribution < -0.4 is 10.6 Å². The molecule has 6 heteroatoms. The van der Waals surface area contributed by atoms with E-state index in [1.54, 1.807) is 0 Å². The summed E-state index contributed by atoms with van der Waals surface area (Å²) < 4.78 is 5.53. The van der Waals surface area contributed by atoms with Crippen molar-refractivity contribution in [2.24, 2.45) is 0 Å². The van der Waals surface area contributed by atoms with E-state index >= 15 is 0 Å². The van der Waals surface area contributed by atoms with Crippen molar-refractivity contribution in [3.63, 3.8) is 0 Å². The van der Waals surface area contributed by atoms with Gasteiger partial charge in [0.15, 0.2) is 0 Å². The van der Waals surface area contributed by atoms with Gasteiger partial charge in [-0.25, -0.2) is 9.97 Å². The first-order valence-electron chi connectivity index (χ1n) is 6.17. The van der Waals surface area contributed by atoms with Gasteiger partial charge in [-0.2, -0.15) is 5.26 Å². The second-order valence-corrected chi connectivity index (χ2v) is 4.14. The standard InChI is InChI=1S/C12H17N5O/c13-4-2-5-14-11-7-12(17-9-16-11)15-8-10-3-1-6-18-10/h7,9-10H,1-3,5-6,8H2,(H2,14,15,16,17). The largest absolute Gasteiger partial charge is 0.376 e.